The van der Waals surface area contributed by atoms with Gasteiger partial charge in [0.25, 0.3) is 5.91 Å². The van der Waals surface area contributed by atoms with Gasteiger partial charge in [-0.2, -0.15) is 0 Å². The molecule has 1 aliphatic carbocycles. The molecular weight excluding hydrogens is 304 g/mol. The molecule has 0 atom stereocenters. The number of rotatable bonds is 3. The Morgan fingerprint density at radius 2 is 2.00 bits per heavy atom. The third kappa shape index (κ3) is 3.50. The average Bonchev–Trinajstić information content (AvgIpc) is 2.39. The molecule has 1 amide bonds. The van der Waals surface area contributed by atoms with E-state index in [1.807, 2.05) is 24.0 Å². The summed E-state index contributed by atoms with van der Waals surface area (Å²) >= 11 is 3.40. The summed E-state index contributed by atoms with van der Waals surface area (Å²) in [6.07, 6.45) is 6.02. The second-order valence-corrected chi connectivity index (χ2v) is 6.07. The molecule has 3 nitrogen and oxygen atoms in total. The van der Waals surface area contributed by atoms with Crippen molar-refractivity contribution >= 4 is 27.5 Å². The van der Waals surface area contributed by atoms with E-state index in [-0.39, 0.29) is 5.91 Å². The molecule has 19 heavy (non-hydrogen) atoms. The van der Waals surface area contributed by atoms with Crippen molar-refractivity contribution in [2.75, 3.05) is 12.3 Å². The van der Waals surface area contributed by atoms with E-state index in [2.05, 4.69) is 15.9 Å². The third-order valence-electron chi connectivity index (χ3n) is 3.78. The molecular formula is C15H21BrN2O. The molecule has 1 aliphatic rings. The third-order valence-corrected chi connectivity index (χ3v) is 4.24. The van der Waals surface area contributed by atoms with Crippen molar-refractivity contribution in [1.29, 1.82) is 0 Å². The molecule has 104 valence electrons. The number of carbonyl (C=O) groups is 1. The molecule has 0 radical (unpaired) electrons. The summed E-state index contributed by atoms with van der Waals surface area (Å²) in [5.74, 6) is 0.0994. The molecule has 4 heteroatoms. The Labute approximate surface area is 123 Å². The molecule has 1 fully saturated rings. The van der Waals surface area contributed by atoms with Crippen molar-refractivity contribution in [2.24, 2.45) is 0 Å². The Balaban J connectivity index is 2.19. The van der Waals surface area contributed by atoms with Crippen LogP contribution in [0, 0.1) is 0 Å². The first-order valence-corrected chi connectivity index (χ1v) is 7.78. The Morgan fingerprint density at radius 1 is 1.32 bits per heavy atom. The fourth-order valence-electron chi connectivity index (χ4n) is 2.86. The SMILES string of the molecule is CCN(C(=O)c1cc(N)cc(Br)c1)C1CCCCC1. The summed E-state index contributed by atoms with van der Waals surface area (Å²) in [7, 11) is 0. The second kappa shape index (κ2) is 6.42. The van der Waals surface area contributed by atoms with Crippen LogP contribution in [0.4, 0.5) is 5.69 Å². The summed E-state index contributed by atoms with van der Waals surface area (Å²) in [4.78, 5) is 14.6. The number of nitrogens with zero attached hydrogens (tertiary/aromatic N) is 1. The number of benzene rings is 1. The molecule has 0 aromatic heterocycles. The molecule has 0 saturated heterocycles. The summed E-state index contributed by atoms with van der Waals surface area (Å²) in [5.41, 5.74) is 7.12. The Hall–Kier alpha value is -1.03. The summed E-state index contributed by atoms with van der Waals surface area (Å²) in [6, 6.07) is 5.82. The zero-order valence-electron chi connectivity index (χ0n) is 11.4. The average molecular weight is 325 g/mol. The predicted octanol–water partition coefficient (Wildman–Crippen LogP) is 3.83. The quantitative estimate of drug-likeness (QED) is 0.859. The maximum Gasteiger partial charge on any atom is 0.254 e. The number of halogens is 1. The van der Waals surface area contributed by atoms with Gasteiger partial charge in [0.1, 0.15) is 0 Å². The number of hydrogen-bond donors (Lipinski definition) is 1. The van der Waals surface area contributed by atoms with Crippen LogP contribution in [0.2, 0.25) is 0 Å². The van der Waals surface area contributed by atoms with Crippen molar-refractivity contribution in [3.05, 3.63) is 28.2 Å². The molecule has 0 unspecified atom stereocenters. The highest BCUT2D eigenvalue weighted by atomic mass is 79.9. The first-order valence-electron chi connectivity index (χ1n) is 6.99. The summed E-state index contributed by atoms with van der Waals surface area (Å²) in [6.45, 7) is 2.81. The largest absolute Gasteiger partial charge is 0.399 e. The molecule has 0 aliphatic heterocycles. The number of hydrogen-bond acceptors (Lipinski definition) is 2. The van der Waals surface area contributed by atoms with Crippen LogP contribution in [0.15, 0.2) is 22.7 Å². The zero-order valence-corrected chi connectivity index (χ0v) is 12.9. The first kappa shape index (κ1) is 14.4. The lowest BCUT2D eigenvalue weighted by Crippen LogP contribution is -2.41. The van der Waals surface area contributed by atoms with Gasteiger partial charge < -0.3 is 10.6 Å². The highest BCUT2D eigenvalue weighted by Gasteiger charge is 2.25. The molecule has 1 aromatic carbocycles. The molecule has 2 rings (SSSR count). The van der Waals surface area contributed by atoms with Crippen LogP contribution in [-0.4, -0.2) is 23.4 Å². The molecule has 2 N–H and O–H groups in total. The lowest BCUT2D eigenvalue weighted by atomic mass is 9.93. The normalized spacial score (nSPS) is 16.3. The molecule has 0 heterocycles. The van der Waals surface area contributed by atoms with E-state index in [1.54, 1.807) is 6.07 Å². The van der Waals surface area contributed by atoms with Gasteiger partial charge in [0.05, 0.1) is 0 Å². The molecule has 1 aromatic rings. The van der Waals surface area contributed by atoms with Gasteiger partial charge >= 0.3 is 0 Å². The molecule has 0 spiro atoms. The number of nitrogen functional groups attached to an aromatic ring is 1. The van der Waals surface area contributed by atoms with Gasteiger partial charge in [0.15, 0.2) is 0 Å². The maximum absolute atomic E-state index is 12.6. The van der Waals surface area contributed by atoms with Gasteiger partial charge in [0, 0.05) is 28.3 Å². The van der Waals surface area contributed by atoms with Crippen LogP contribution in [0.5, 0.6) is 0 Å². The van der Waals surface area contributed by atoms with Gasteiger partial charge in [-0.1, -0.05) is 35.2 Å². The lowest BCUT2D eigenvalue weighted by Gasteiger charge is -2.33. The fraction of sp³-hybridized carbons (Fsp3) is 0.533. The topological polar surface area (TPSA) is 46.3 Å². The summed E-state index contributed by atoms with van der Waals surface area (Å²) in [5, 5.41) is 0. The fourth-order valence-corrected chi connectivity index (χ4v) is 3.37. The number of carbonyl (C=O) groups excluding carboxylic acids is 1. The molecule has 1 saturated carbocycles. The van der Waals surface area contributed by atoms with Crippen molar-refractivity contribution in [2.45, 2.75) is 45.1 Å². The first-order chi connectivity index (χ1) is 9.11. The van der Waals surface area contributed by atoms with Gasteiger partial charge in [-0.15, -0.1) is 0 Å². The standard InChI is InChI=1S/C15H21BrN2O/c1-2-18(14-6-4-3-5-7-14)15(19)11-8-12(16)10-13(17)9-11/h8-10,14H,2-7,17H2,1H3. The van der Waals surface area contributed by atoms with Crippen molar-refractivity contribution < 1.29 is 4.79 Å². The van der Waals surface area contributed by atoms with Crippen molar-refractivity contribution in [1.82, 2.24) is 4.90 Å². The highest BCUT2D eigenvalue weighted by molar-refractivity contribution is 9.10. The van der Waals surface area contributed by atoms with Crippen LogP contribution in [0.1, 0.15) is 49.4 Å². The van der Waals surface area contributed by atoms with Crippen molar-refractivity contribution in [3.8, 4) is 0 Å². The lowest BCUT2D eigenvalue weighted by molar-refractivity contribution is 0.0648. The van der Waals surface area contributed by atoms with E-state index >= 15 is 0 Å². The van der Waals surface area contributed by atoms with E-state index in [1.165, 1.54) is 19.3 Å². The summed E-state index contributed by atoms with van der Waals surface area (Å²) < 4.78 is 0.857. The monoisotopic (exact) mass is 324 g/mol. The van der Waals surface area contributed by atoms with Crippen LogP contribution in [0.3, 0.4) is 0 Å². The van der Waals surface area contributed by atoms with Gasteiger partial charge in [-0.3, -0.25) is 4.79 Å². The van der Waals surface area contributed by atoms with E-state index in [0.717, 1.165) is 23.9 Å². The molecule has 0 bridgehead atoms. The van der Waals surface area contributed by atoms with Crippen LogP contribution < -0.4 is 5.73 Å². The zero-order chi connectivity index (χ0) is 13.8. The van der Waals surface area contributed by atoms with Gasteiger partial charge in [-0.25, -0.2) is 0 Å². The number of anilines is 1. The smallest absolute Gasteiger partial charge is 0.254 e. The van der Waals surface area contributed by atoms with Crippen LogP contribution in [-0.2, 0) is 0 Å². The number of amides is 1. The van der Waals surface area contributed by atoms with E-state index in [0.29, 0.717) is 17.3 Å². The van der Waals surface area contributed by atoms with Crippen LogP contribution in [0.25, 0.3) is 0 Å². The van der Waals surface area contributed by atoms with Gasteiger partial charge in [-0.05, 0) is 38.0 Å². The minimum Gasteiger partial charge on any atom is -0.399 e. The van der Waals surface area contributed by atoms with E-state index in [9.17, 15) is 4.79 Å². The maximum atomic E-state index is 12.6. The second-order valence-electron chi connectivity index (χ2n) is 5.16. The van der Waals surface area contributed by atoms with E-state index < -0.39 is 0 Å². The van der Waals surface area contributed by atoms with Gasteiger partial charge in [0.2, 0.25) is 0 Å². The Morgan fingerprint density at radius 3 is 2.58 bits per heavy atom. The van der Waals surface area contributed by atoms with Crippen LogP contribution >= 0.6 is 15.9 Å². The number of nitrogens with two attached hydrogens (primary N) is 1. The minimum atomic E-state index is 0.0994. The minimum absolute atomic E-state index is 0.0994. The predicted molar refractivity (Wildman–Crippen MR) is 82.1 cm³/mol. The highest BCUT2D eigenvalue weighted by Crippen LogP contribution is 2.25. The van der Waals surface area contributed by atoms with E-state index in [4.69, 9.17) is 5.73 Å². The Bertz CT molecular complexity index is 435. The van der Waals surface area contributed by atoms with Crippen molar-refractivity contribution in [3.63, 3.8) is 0 Å². The Kier molecular flexibility index (Phi) is 4.86.